The molecule has 0 fully saturated rings. The molecule has 3 aromatic rings. The fourth-order valence-corrected chi connectivity index (χ4v) is 4.74. The molecule has 178 valence electrons. The van der Waals surface area contributed by atoms with Crippen molar-refractivity contribution in [2.75, 3.05) is 30.3 Å². The molecule has 3 N–H and O–H groups in total. The van der Waals surface area contributed by atoms with Gasteiger partial charge in [-0.1, -0.05) is 36.4 Å². The summed E-state index contributed by atoms with van der Waals surface area (Å²) in [5, 5.41) is 2.63. The molecule has 0 aliphatic rings. The van der Waals surface area contributed by atoms with Crippen LogP contribution in [0.25, 0.3) is 0 Å². The van der Waals surface area contributed by atoms with Gasteiger partial charge in [0.1, 0.15) is 11.9 Å². The normalized spacial score (nSPS) is 12.2. The zero-order chi connectivity index (χ0) is 24.9. The second-order valence-electron chi connectivity index (χ2n) is 7.66. The third-order valence-electron chi connectivity index (χ3n) is 5.16. The van der Waals surface area contributed by atoms with Crippen LogP contribution in [0, 0.1) is 5.82 Å². The number of likely N-dealkylation sites (N-methyl/N-ethyl adjacent to an activating group) is 1. The molecule has 0 radical (unpaired) electrons. The van der Waals surface area contributed by atoms with Gasteiger partial charge in [0.15, 0.2) is 0 Å². The highest BCUT2D eigenvalue weighted by Gasteiger charge is 2.25. The van der Waals surface area contributed by atoms with E-state index in [4.69, 9.17) is 5.73 Å². The van der Waals surface area contributed by atoms with E-state index in [9.17, 15) is 22.4 Å². The van der Waals surface area contributed by atoms with Crippen molar-refractivity contribution in [1.82, 2.24) is 4.90 Å². The van der Waals surface area contributed by atoms with Gasteiger partial charge >= 0.3 is 0 Å². The lowest BCUT2D eigenvalue weighted by molar-refractivity contribution is -0.124. The summed E-state index contributed by atoms with van der Waals surface area (Å²) in [5.41, 5.74) is 6.57. The minimum absolute atomic E-state index is 0.000203. The van der Waals surface area contributed by atoms with E-state index in [0.29, 0.717) is 11.3 Å². The maximum Gasteiger partial charge on any atom is 0.264 e. The zero-order valence-electron chi connectivity index (χ0n) is 18.7. The number of nitrogens with zero attached hydrogens (tertiary/aromatic N) is 2. The Morgan fingerprint density at radius 2 is 1.65 bits per heavy atom. The smallest absolute Gasteiger partial charge is 0.264 e. The summed E-state index contributed by atoms with van der Waals surface area (Å²) in [6.45, 7) is -0.245. The van der Waals surface area contributed by atoms with E-state index in [-0.39, 0.29) is 17.1 Å². The molecule has 8 nitrogen and oxygen atoms in total. The van der Waals surface area contributed by atoms with Crippen molar-refractivity contribution in [2.24, 2.45) is 5.73 Å². The molecule has 10 heteroatoms. The summed E-state index contributed by atoms with van der Waals surface area (Å²) in [6.07, 6.45) is 0. The Bertz CT molecular complexity index is 1280. The molecule has 0 spiro atoms. The lowest BCUT2D eigenvalue weighted by atomic mass is 10.0. The average Bonchev–Trinajstić information content (AvgIpc) is 2.79. The molecular formula is C24H25FN4O4S. The van der Waals surface area contributed by atoms with E-state index in [1.54, 1.807) is 42.5 Å². The van der Waals surface area contributed by atoms with Crippen molar-refractivity contribution in [3.63, 3.8) is 0 Å². The summed E-state index contributed by atoms with van der Waals surface area (Å²) in [4.78, 5) is 26.0. The number of anilines is 2. The second kappa shape index (κ2) is 10.4. The van der Waals surface area contributed by atoms with E-state index in [1.165, 1.54) is 55.4 Å². The maximum atomic E-state index is 13.6. The third-order valence-corrected chi connectivity index (χ3v) is 6.95. The summed E-state index contributed by atoms with van der Waals surface area (Å²) >= 11 is 0. The third kappa shape index (κ3) is 5.77. The quantitative estimate of drug-likeness (QED) is 0.485. The summed E-state index contributed by atoms with van der Waals surface area (Å²) in [5.74, 6) is -1.77. The van der Waals surface area contributed by atoms with Crippen LogP contribution in [0.3, 0.4) is 0 Å². The Morgan fingerprint density at radius 3 is 2.29 bits per heavy atom. The molecule has 0 aliphatic heterocycles. The second-order valence-corrected chi connectivity index (χ2v) is 9.63. The molecule has 0 saturated carbocycles. The summed E-state index contributed by atoms with van der Waals surface area (Å²) < 4.78 is 40.8. The minimum Gasteiger partial charge on any atom is -0.368 e. The first-order valence-corrected chi connectivity index (χ1v) is 11.7. The molecule has 1 unspecified atom stereocenters. The summed E-state index contributed by atoms with van der Waals surface area (Å²) in [7, 11) is -0.908. The first kappa shape index (κ1) is 24.9. The number of hydrogen-bond donors (Lipinski definition) is 2. The van der Waals surface area contributed by atoms with Crippen molar-refractivity contribution >= 4 is 33.2 Å². The van der Waals surface area contributed by atoms with Crippen molar-refractivity contribution in [3.8, 4) is 0 Å². The predicted octanol–water partition coefficient (Wildman–Crippen LogP) is 2.75. The van der Waals surface area contributed by atoms with Crippen LogP contribution in [-0.4, -0.2) is 45.8 Å². The molecule has 34 heavy (non-hydrogen) atoms. The monoisotopic (exact) mass is 484 g/mol. The van der Waals surface area contributed by atoms with Gasteiger partial charge in [-0.15, -0.1) is 0 Å². The molecule has 2 amide bonds. The van der Waals surface area contributed by atoms with E-state index < -0.39 is 33.7 Å². The lowest BCUT2D eigenvalue weighted by Gasteiger charge is -2.25. The molecule has 0 bridgehead atoms. The van der Waals surface area contributed by atoms with Gasteiger partial charge in [0.05, 0.1) is 17.1 Å². The van der Waals surface area contributed by atoms with Gasteiger partial charge in [0.25, 0.3) is 10.0 Å². The van der Waals surface area contributed by atoms with Gasteiger partial charge in [0.2, 0.25) is 11.8 Å². The highest BCUT2D eigenvalue weighted by Crippen LogP contribution is 2.24. The van der Waals surface area contributed by atoms with E-state index in [2.05, 4.69) is 5.32 Å². The van der Waals surface area contributed by atoms with Crippen LogP contribution in [0.5, 0.6) is 0 Å². The topological polar surface area (TPSA) is 113 Å². The van der Waals surface area contributed by atoms with Gasteiger partial charge in [-0.3, -0.25) is 18.8 Å². The number of sulfonamides is 1. The number of para-hydroxylation sites is 1. The van der Waals surface area contributed by atoms with Crippen molar-refractivity contribution in [3.05, 3.63) is 90.2 Å². The standard InChI is InChI=1S/C24H25FN4O4S/c1-28(23(24(26)31)17-8-6-9-18(25)14-17)16-22(30)27-19-10-7-13-21(15-19)34(32,33)29(2)20-11-4-3-5-12-20/h3-15,23H,16H2,1-2H3,(H2,26,31)(H,27,30). The van der Waals surface area contributed by atoms with Crippen LogP contribution in [0.2, 0.25) is 0 Å². The summed E-state index contributed by atoms with van der Waals surface area (Å²) in [6, 6.07) is 18.9. The average molecular weight is 485 g/mol. The largest absolute Gasteiger partial charge is 0.368 e. The SMILES string of the molecule is CN(CC(=O)Nc1cccc(S(=O)(=O)N(C)c2ccccc2)c1)C(C(N)=O)c1cccc(F)c1. The van der Waals surface area contributed by atoms with Crippen LogP contribution < -0.4 is 15.4 Å². The van der Waals surface area contributed by atoms with Crippen LogP contribution in [-0.2, 0) is 19.6 Å². The molecule has 3 aromatic carbocycles. The molecular weight excluding hydrogens is 459 g/mol. The molecule has 0 heterocycles. The number of nitrogens with one attached hydrogen (secondary N) is 1. The number of primary amides is 1. The lowest BCUT2D eigenvalue weighted by Crippen LogP contribution is -2.39. The molecule has 3 rings (SSSR count). The number of nitrogens with two attached hydrogens (primary N) is 1. The first-order valence-electron chi connectivity index (χ1n) is 10.3. The van der Waals surface area contributed by atoms with Crippen molar-refractivity contribution in [2.45, 2.75) is 10.9 Å². The van der Waals surface area contributed by atoms with Gasteiger partial charge in [-0.05, 0) is 55.1 Å². The number of carbonyl (C=O) groups excluding carboxylic acids is 2. The van der Waals surface area contributed by atoms with Crippen LogP contribution in [0.1, 0.15) is 11.6 Å². The van der Waals surface area contributed by atoms with Gasteiger partial charge in [-0.25, -0.2) is 12.8 Å². The molecule has 0 saturated heterocycles. The minimum atomic E-state index is -3.86. The zero-order valence-corrected chi connectivity index (χ0v) is 19.5. The van der Waals surface area contributed by atoms with Crippen LogP contribution in [0.4, 0.5) is 15.8 Å². The number of hydrogen-bond acceptors (Lipinski definition) is 5. The predicted molar refractivity (Wildman–Crippen MR) is 128 cm³/mol. The Morgan fingerprint density at radius 1 is 0.971 bits per heavy atom. The highest BCUT2D eigenvalue weighted by atomic mass is 32.2. The van der Waals surface area contributed by atoms with Gasteiger partial charge in [-0.2, -0.15) is 0 Å². The Balaban J connectivity index is 1.74. The van der Waals surface area contributed by atoms with E-state index in [0.717, 1.165) is 4.31 Å². The number of halogens is 1. The van der Waals surface area contributed by atoms with E-state index in [1.807, 2.05) is 0 Å². The van der Waals surface area contributed by atoms with Crippen molar-refractivity contribution in [1.29, 1.82) is 0 Å². The number of benzene rings is 3. The van der Waals surface area contributed by atoms with Crippen molar-refractivity contribution < 1.29 is 22.4 Å². The number of rotatable bonds is 9. The van der Waals surface area contributed by atoms with Crippen LogP contribution in [0.15, 0.2) is 83.8 Å². The fourth-order valence-electron chi connectivity index (χ4n) is 3.50. The Labute approximate surface area is 197 Å². The number of carbonyl (C=O) groups is 2. The first-order chi connectivity index (χ1) is 16.1. The molecule has 0 aromatic heterocycles. The maximum absolute atomic E-state index is 13.6. The fraction of sp³-hybridized carbons (Fsp3) is 0.167. The van der Waals surface area contributed by atoms with Crippen LogP contribution >= 0.6 is 0 Å². The number of amides is 2. The highest BCUT2D eigenvalue weighted by molar-refractivity contribution is 7.92. The molecule has 1 atom stereocenters. The molecule has 0 aliphatic carbocycles. The van der Waals surface area contributed by atoms with Gasteiger partial charge < -0.3 is 11.1 Å². The Kier molecular flexibility index (Phi) is 7.64. The van der Waals surface area contributed by atoms with Gasteiger partial charge in [0, 0.05) is 12.7 Å². The Hall–Kier alpha value is -3.76. The van der Waals surface area contributed by atoms with E-state index >= 15 is 0 Å².